The Kier molecular flexibility index (Phi) is 5.27. The molecule has 0 aliphatic heterocycles. The van der Waals surface area contributed by atoms with Crippen molar-refractivity contribution in [3.05, 3.63) is 35.4 Å². The average molecular weight is 279 g/mol. The van der Waals surface area contributed by atoms with E-state index in [0.29, 0.717) is 12.0 Å². The zero-order chi connectivity index (χ0) is 15.3. The van der Waals surface area contributed by atoms with E-state index >= 15 is 0 Å². The molecule has 0 radical (unpaired) electrons. The molecular weight excluding hydrogens is 258 g/mol. The lowest BCUT2D eigenvalue weighted by atomic mass is 10.0. The maximum Gasteiger partial charge on any atom is 0.338 e. The lowest BCUT2D eigenvalue weighted by Gasteiger charge is -2.19. The summed E-state index contributed by atoms with van der Waals surface area (Å²) < 4.78 is 9.86. The number of carbonyl (C=O) groups excluding carboxylic acids is 2. The third-order valence-corrected chi connectivity index (χ3v) is 2.52. The molecule has 110 valence electrons. The number of benzene rings is 1. The normalized spacial score (nSPS) is 12.7. The summed E-state index contributed by atoms with van der Waals surface area (Å²) in [5, 5.41) is 0. The van der Waals surface area contributed by atoms with Gasteiger partial charge in [0.2, 0.25) is 0 Å². The molecule has 0 amide bonds. The highest BCUT2D eigenvalue weighted by molar-refractivity contribution is 5.90. The van der Waals surface area contributed by atoms with E-state index in [1.807, 2.05) is 20.8 Å². The molecule has 0 spiro atoms. The minimum Gasteiger partial charge on any atom is -0.468 e. The number of carbonyl (C=O) groups is 2. The van der Waals surface area contributed by atoms with Gasteiger partial charge in [-0.25, -0.2) is 4.79 Å². The molecule has 0 aliphatic rings. The largest absolute Gasteiger partial charge is 0.468 e. The van der Waals surface area contributed by atoms with Gasteiger partial charge in [-0.15, -0.1) is 0 Å². The predicted molar refractivity (Wildman–Crippen MR) is 75.3 cm³/mol. The fourth-order valence-corrected chi connectivity index (χ4v) is 1.65. The monoisotopic (exact) mass is 279 g/mol. The van der Waals surface area contributed by atoms with Crippen LogP contribution < -0.4 is 5.73 Å². The molecule has 0 aromatic heterocycles. The van der Waals surface area contributed by atoms with Crippen molar-refractivity contribution in [1.82, 2.24) is 0 Å². The summed E-state index contributed by atoms with van der Waals surface area (Å²) in [4.78, 5) is 23.2. The van der Waals surface area contributed by atoms with Crippen LogP contribution in [0.1, 0.15) is 36.7 Å². The highest BCUT2D eigenvalue weighted by Crippen LogP contribution is 2.14. The van der Waals surface area contributed by atoms with Gasteiger partial charge in [-0.05, 0) is 44.9 Å². The van der Waals surface area contributed by atoms with Crippen molar-refractivity contribution in [2.24, 2.45) is 5.73 Å². The van der Waals surface area contributed by atoms with Crippen LogP contribution in [-0.2, 0) is 20.7 Å². The van der Waals surface area contributed by atoms with Crippen LogP contribution in [0.5, 0.6) is 0 Å². The average Bonchev–Trinajstić information content (AvgIpc) is 2.36. The molecule has 1 unspecified atom stereocenters. The van der Waals surface area contributed by atoms with Gasteiger partial charge in [0.05, 0.1) is 12.7 Å². The summed E-state index contributed by atoms with van der Waals surface area (Å²) in [6.07, 6.45) is 0.309. The van der Waals surface area contributed by atoms with E-state index < -0.39 is 23.6 Å². The molecule has 20 heavy (non-hydrogen) atoms. The molecule has 0 fully saturated rings. The van der Waals surface area contributed by atoms with Crippen molar-refractivity contribution in [2.75, 3.05) is 7.11 Å². The molecule has 1 rings (SSSR count). The van der Waals surface area contributed by atoms with Gasteiger partial charge in [-0.3, -0.25) is 4.79 Å². The van der Waals surface area contributed by atoms with Crippen molar-refractivity contribution in [3.8, 4) is 0 Å². The summed E-state index contributed by atoms with van der Waals surface area (Å²) in [5.41, 5.74) is 6.37. The fraction of sp³-hybridized carbons (Fsp3) is 0.467. The van der Waals surface area contributed by atoms with Crippen molar-refractivity contribution < 1.29 is 19.1 Å². The number of methoxy groups -OCH3 is 1. The number of esters is 2. The minimum absolute atomic E-state index is 0.309. The first-order chi connectivity index (χ1) is 9.23. The molecule has 0 saturated carbocycles. The standard InChI is InChI=1S/C15H21NO4/c1-15(2,3)20-13(17)11-7-5-6-10(8-11)9-12(16)14(18)19-4/h5-8,12H,9,16H2,1-4H3. The third kappa shape index (κ3) is 5.01. The van der Waals surface area contributed by atoms with Crippen molar-refractivity contribution in [3.63, 3.8) is 0 Å². The highest BCUT2D eigenvalue weighted by atomic mass is 16.6. The third-order valence-electron chi connectivity index (χ3n) is 2.52. The van der Waals surface area contributed by atoms with Crippen LogP contribution >= 0.6 is 0 Å². The Morgan fingerprint density at radius 3 is 2.50 bits per heavy atom. The topological polar surface area (TPSA) is 78.6 Å². The second kappa shape index (κ2) is 6.52. The predicted octanol–water partition coefficient (Wildman–Crippen LogP) is 1.68. The fourth-order valence-electron chi connectivity index (χ4n) is 1.65. The van der Waals surface area contributed by atoms with Crippen LogP contribution in [0.25, 0.3) is 0 Å². The smallest absolute Gasteiger partial charge is 0.338 e. The number of nitrogens with two attached hydrogens (primary N) is 1. The maximum absolute atomic E-state index is 11.9. The zero-order valence-electron chi connectivity index (χ0n) is 12.3. The van der Waals surface area contributed by atoms with Gasteiger partial charge in [0, 0.05) is 0 Å². The quantitative estimate of drug-likeness (QED) is 0.848. The van der Waals surface area contributed by atoms with Gasteiger partial charge in [0.25, 0.3) is 0 Å². The molecular formula is C15H21NO4. The summed E-state index contributed by atoms with van der Waals surface area (Å²) in [5.74, 6) is -0.876. The Morgan fingerprint density at radius 2 is 1.95 bits per heavy atom. The minimum atomic E-state index is -0.742. The Hall–Kier alpha value is -1.88. The number of ether oxygens (including phenoxy) is 2. The molecule has 5 heteroatoms. The number of hydrogen-bond donors (Lipinski definition) is 1. The van der Waals surface area contributed by atoms with Gasteiger partial charge in [-0.2, -0.15) is 0 Å². The van der Waals surface area contributed by atoms with Crippen LogP contribution in [0, 0.1) is 0 Å². The van der Waals surface area contributed by atoms with Gasteiger partial charge in [-0.1, -0.05) is 12.1 Å². The first-order valence-electron chi connectivity index (χ1n) is 6.38. The molecule has 5 nitrogen and oxygen atoms in total. The molecule has 1 atom stereocenters. The summed E-state index contributed by atoms with van der Waals surface area (Å²) >= 11 is 0. The summed E-state index contributed by atoms with van der Waals surface area (Å²) in [7, 11) is 1.29. The van der Waals surface area contributed by atoms with Crippen molar-refractivity contribution in [1.29, 1.82) is 0 Å². The Bertz CT molecular complexity index is 491. The summed E-state index contributed by atoms with van der Waals surface area (Å²) in [6, 6.07) is 6.14. The lowest BCUT2D eigenvalue weighted by molar-refractivity contribution is -0.142. The second-order valence-corrected chi connectivity index (χ2v) is 5.54. The lowest BCUT2D eigenvalue weighted by Crippen LogP contribution is -2.33. The van der Waals surface area contributed by atoms with Gasteiger partial charge in [0.1, 0.15) is 11.6 Å². The second-order valence-electron chi connectivity index (χ2n) is 5.54. The number of rotatable bonds is 4. The van der Waals surface area contributed by atoms with Crippen molar-refractivity contribution in [2.45, 2.75) is 38.8 Å². The van der Waals surface area contributed by atoms with Gasteiger partial charge < -0.3 is 15.2 Å². The molecule has 0 aliphatic carbocycles. The van der Waals surface area contributed by atoms with E-state index in [4.69, 9.17) is 10.5 Å². The van der Waals surface area contributed by atoms with E-state index in [9.17, 15) is 9.59 Å². The van der Waals surface area contributed by atoms with E-state index in [-0.39, 0.29) is 0 Å². The zero-order valence-corrected chi connectivity index (χ0v) is 12.3. The Labute approximate surface area is 119 Å². The van der Waals surface area contributed by atoms with E-state index in [2.05, 4.69) is 4.74 Å². The molecule has 0 saturated heterocycles. The Morgan fingerprint density at radius 1 is 1.30 bits per heavy atom. The molecule has 0 bridgehead atoms. The Balaban J connectivity index is 2.81. The van der Waals surface area contributed by atoms with E-state index in [1.165, 1.54) is 7.11 Å². The molecule has 2 N–H and O–H groups in total. The first-order valence-corrected chi connectivity index (χ1v) is 6.38. The summed E-state index contributed by atoms with van der Waals surface area (Å²) in [6.45, 7) is 5.42. The highest BCUT2D eigenvalue weighted by Gasteiger charge is 2.19. The van der Waals surface area contributed by atoms with Gasteiger partial charge in [0.15, 0.2) is 0 Å². The van der Waals surface area contributed by atoms with Gasteiger partial charge >= 0.3 is 11.9 Å². The van der Waals surface area contributed by atoms with Crippen LogP contribution in [0.3, 0.4) is 0 Å². The molecule has 1 aromatic carbocycles. The maximum atomic E-state index is 11.9. The van der Waals surface area contributed by atoms with Crippen molar-refractivity contribution >= 4 is 11.9 Å². The number of hydrogen-bond acceptors (Lipinski definition) is 5. The molecule has 0 heterocycles. The first kappa shape index (κ1) is 16.2. The van der Waals surface area contributed by atoms with Crippen LogP contribution in [0.2, 0.25) is 0 Å². The van der Waals surface area contributed by atoms with E-state index in [0.717, 1.165) is 5.56 Å². The van der Waals surface area contributed by atoms with Crippen LogP contribution in [0.4, 0.5) is 0 Å². The van der Waals surface area contributed by atoms with Crippen LogP contribution in [0.15, 0.2) is 24.3 Å². The SMILES string of the molecule is COC(=O)C(N)Cc1cccc(C(=O)OC(C)(C)C)c1. The molecule has 1 aromatic rings. The van der Waals surface area contributed by atoms with E-state index in [1.54, 1.807) is 24.3 Å². The van der Waals surface area contributed by atoms with Crippen LogP contribution in [-0.4, -0.2) is 30.7 Å².